The summed E-state index contributed by atoms with van der Waals surface area (Å²) in [5.74, 6) is 1.08. The number of nitrogens with zero attached hydrogens (tertiary/aromatic N) is 1. The van der Waals surface area contributed by atoms with Gasteiger partial charge in [0.2, 0.25) is 0 Å². The molecule has 0 atom stereocenters. The van der Waals surface area contributed by atoms with Gasteiger partial charge in [-0.2, -0.15) is 0 Å². The summed E-state index contributed by atoms with van der Waals surface area (Å²) in [6.45, 7) is 8.84. The molecule has 90 valence electrons. The molecule has 17 heavy (non-hydrogen) atoms. The Balaban J connectivity index is 2.37. The van der Waals surface area contributed by atoms with Crippen molar-refractivity contribution in [3.63, 3.8) is 0 Å². The third kappa shape index (κ3) is 2.58. The fourth-order valence-corrected chi connectivity index (χ4v) is 2.85. The van der Waals surface area contributed by atoms with Gasteiger partial charge in [0.1, 0.15) is 0 Å². The van der Waals surface area contributed by atoms with E-state index in [0.717, 1.165) is 0 Å². The van der Waals surface area contributed by atoms with Gasteiger partial charge in [0, 0.05) is 0 Å². The Hall–Kier alpha value is -1.15. The van der Waals surface area contributed by atoms with E-state index in [2.05, 4.69) is 56.9 Å². The number of hydrogen-bond acceptors (Lipinski definition) is 2. The van der Waals surface area contributed by atoms with Crippen LogP contribution in [0.4, 0.5) is 0 Å². The van der Waals surface area contributed by atoms with Crippen LogP contribution in [0.2, 0.25) is 0 Å². The van der Waals surface area contributed by atoms with Crippen LogP contribution in [-0.2, 0) is 0 Å². The first-order valence-electron chi connectivity index (χ1n) is 6.13. The quantitative estimate of drug-likeness (QED) is 0.736. The van der Waals surface area contributed by atoms with E-state index in [1.807, 2.05) is 5.51 Å². The second kappa shape index (κ2) is 5.01. The van der Waals surface area contributed by atoms with Gasteiger partial charge in [-0.1, -0.05) is 52.0 Å². The van der Waals surface area contributed by atoms with Crippen molar-refractivity contribution in [3.05, 3.63) is 41.0 Å². The Bertz CT molecular complexity index is 480. The summed E-state index contributed by atoms with van der Waals surface area (Å²) in [5, 5.41) is 0. The van der Waals surface area contributed by atoms with Crippen LogP contribution in [0.15, 0.2) is 29.8 Å². The molecule has 0 aliphatic carbocycles. The van der Waals surface area contributed by atoms with Gasteiger partial charge in [-0.25, -0.2) is 4.98 Å². The minimum absolute atomic E-state index is 0.487. The minimum Gasteiger partial charge on any atom is -0.249 e. The summed E-state index contributed by atoms with van der Waals surface area (Å²) in [7, 11) is 0. The zero-order valence-electron chi connectivity index (χ0n) is 10.9. The minimum atomic E-state index is 0.487. The van der Waals surface area contributed by atoms with Gasteiger partial charge in [-0.3, -0.25) is 0 Å². The van der Waals surface area contributed by atoms with E-state index in [1.165, 1.54) is 21.7 Å². The van der Waals surface area contributed by atoms with Crippen molar-refractivity contribution in [3.8, 4) is 10.4 Å². The predicted octanol–water partition coefficient (Wildman–Crippen LogP) is 5.06. The van der Waals surface area contributed by atoms with E-state index < -0.39 is 0 Å². The number of aromatic nitrogens is 1. The van der Waals surface area contributed by atoms with Gasteiger partial charge >= 0.3 is 0 Å². The molecular formula is C15H19NS. The lowest BCUT2D eigenvalue weighted by atomic mass is 9.99. The fourth-order valence-electron chi connectivity index (χ4n) is 1.90. The summed E-state index contributed by atoms with van der Waals surface area (Å²) in [4.78, 5) is 5.78. The molecule has 2 rings (SSSR count). The smallest absolute Gasteiger partial charge is 0.0801 e. The van der Waals surface area contributed by atoms with Crippen molar-refractivity contribution >= 4 is 11.3 Å². The average molecular weight is 245 g/mol. The first-order valence-corrected chi connectivity index (χ1v) is 7.01. The number of hydrogen-bond donors (Lipinski definition) is 0. The topological polar surface area (TPSA) is 12.9 Å². The van der Waals surface area contributed by atoms with Gasteiger partial charge in [-0.15, -0.1) is 11.3 Å². The van der Waals surface area contributed by atoms with Gasteiger partial charge in [0.05, 0.1) is 16.1 Å². The molecule has 0 amide bonds. The third-order valence-corrected chi connectivity index (χ3v) is 3.87. The molecule has 0 unspecified atom stereocenters. The first-order chi connectivity index (χ1) is 8.09. The molecule has 0 aliphatic rings. The van der Waals surface area contributed by atoms with Crippen molar-refractivity contribution in [2.24, 2.45) is 0 Å². The molecule has 0 aliphatic heterocycles. The molecule has 0 fully saturated rings. The van der Waals surface area contributed by atoms with Crippen molar-refractivity contribution in [1.29, 1.82) is 0 Å². The summed E-state index contributed by atoms with van der Waals surface area (Å²) in [6.07, 6.45) is 0. The highest BCUT2D eigenvalue weighted by molar-refractivity contribution is 7.13. The number of benzene rings is 1. The summed E-state index contributed by atoms with van der Waals surface area (Å²) < 4.78 is 0. The second-order valence-corrected chi connectivity index (χ2v) is 5.85. The van der Waals surface area contributed by atoms with Crippen molar-refractivity contribution in [1.82, 2.24) is 4.98 Å². The van der Waals surface area contributed by atoms with E-state index >= 15 is 0 Å². The maximum atomic E-state index is 4.47. The van der Waals surface area contributed by atoms with Crippen LogP contribution in [0.3, 0.4) is 0 Å². The SMILES string of the molecule is CC(C)c1ccc(-c2scnc2C(C)C)cc1. The molecule has 1 heterocycles. The van der Waals surface area contributed by atoms with Crippen LogP contribution in [-0.4, -0.2) is 4.98 Å². The molecule has 0 spiro atoms. The molecule has 1 aromatic carbocycles. The maximum Gasteiger partial charge on any atom is 0.0801 e. The Morgan fingerprint density at radius 2 is 1.59 bits per heavy atom. The van der Waals surface area contributed by atoms with E-state index in [4.69, 9.17) is 0 Å². The van der Waals surface area contributed by atoms with Gasteiger partial charge in [-0.05, 0) is 23.0 Å². The van der Waals surface area contributed by atoms with Crippen LogP contribution in [0, 0.1) is 0 Å². The highest BCUT2D eigenvalue weighted by Crippen LogP contribution is 2.32. The van der Waals surface area contributed by atoms with Crippen LogP contribution >= 0.6 is 11.3 Å². The van der Waals surface area contributed by atoms with Crippen molar-refractivity contribution < 1.29 is 0 Å². The average Bonchev–Trinajstić information content (AvgIpc) is 2.78. The van der Waals surface area contributed by atoms with Gasteiger partial charge < -0.3 is 0 Å². The molecule has 1 nitrogen and oxygen atoms in total. The largest absolute Gasteiger partial charge is 0.249 e. The molecule has 0 N–H and O–H groups in total. The molecule has 0 saturated heterocycles. The van der Waals surface area contributed by atoms with E-state index in [-0.39, 0.29) is 0 Å². The molecule has 0 bridgehead atoms. The first kappa shape index (κ1) is 12.3. The third-order valence-electron chi connectivity index (χ3n) is 2.98. The summed E-state index contributed by atoms with van der Waals surface area (Å²) in [6, 6.07) is 8.89. The van der Waals surface area contributed by atoms with Gasteiger partial charge in [0.15, 0.2) is 0 Å². The molecule has 0 radical (unpaired) electrons. The van der Waals surface area contributed by atoms with E-state index in [0.29, 0.717) is 11.8 Å². The summed E-state index contributed by atoms with van der Waals surface area (Å²) in [5.41, 5.74) is 5.85. The molecule has 2 aromatic rings. The summed E-state index contributed by atoms with van der Waals surface area (Å²) >= 11 is 1.73. The number of thiazole rings is 1. The van der Waals surface area contributed by atoms with Crippen LogP contribution in [0.5, 0.6) is 0 Å². The van der Waals surface area contributed by atoms with Crippen molar-refractivity contribution in [2.45, 2.75) is 39.5 Å². The van der Waals surface area contributed by atoms with Crippen LogP contribution in [0.25, 0.3) is 10.4 Å². The fraction of sp³-hybridized carbons (Fsp3) is 0.400. The molecular weight excluding hydrogens is 226 g/mol. The van der Waals surface area contributed by atoms with E-state index in [1.54, 1.807) is 11.3 Å². The van der Waals surface area contributed by atoms with Gasteiger partial charge in [0.25, 0.3) is 0 Å². The monoisotopic (exact) mass is 245 g/mol. The molecule has 1 aromatic heterocycles. The Kier molecular flexibility index (Phi) is 3.63. The highest BCUT2D eigenvalue weighted by atomic mass is 32.1. The van der Waals surface area contributed by atoms with Crippen LogP contribution < -0.4 is 0 Å². The normalized spacial score (nSPS) is 11.4. The Morgan fingerprint density at radius 1 is 0.941 bits per heavy atom. The number of rotatable bonds is 3. The second-order valence-electron chi connectivity index (χ2n) is 5.00. The lowest BCUT2D eigenvalue weighted by Gasteiger charge is -2.08. The zero-order valence-corrected chi connectivity index (χ0v) is 11.7. The standard InChI is InChI=1S/C15H19NS/c1-10(2)12-5-7-13(8-6-12)15-14(11(3)4)16-9-17-15/h5-11H,1-4H3. The molecule has 0 saturated carbocycles. The zero-order chi connectivity index (χ0) is 12.4. The predicted molar refractivity (Wildman–Crippen MR) is 75.7 cm³/mol. The van der Waals surface area contributed by atoms with Crippen LogP contribution in [0.1, 0.15) is 50.8 Å². The maximum absolute atomic E-state index is 4.47. The Labute approximate surface area is 108 Å². The highest BCUT2D eigenvalue weighted by Gasteiger charge is 2.11. The lowest BCUT2D eigenvalue weighted by Crippen LogP contribution is -1.91. The van der Waals surface area contributed by atoms with E-state index in [9.17, 15) is 0 Å². The lowest BCUT2D eigenvalue weighted by molar-refractivity contribution is 0.835. The Morgan fingerprint density at radius 3 is 2.12 bits per heavy atom. The molecule has 2 heteroatoms. The van der Waals surface area contributed by atoms with Crippen molar-refractivity contribution in [2.75, 3.05) is 0 Å².